The molecular weight excluding hydrogens is 443 g/mol. The molecule has 1 N–H and O–H groups in total. The number of aromatic nitrogens is 1. The van der Waals surface area contributed by atoms with Gasteiger partial charge in [-0.25, -0.2) is 0 Å². The maximum Gasteiger partial charge on any atom is 0.417 e. The van der Waals surface area contributed by atoms with E-state index in [0.717, 1.165) is 44.4 Å². The number of rotatable bonds is 4. The normalized spacial score (nSPS) is 26.5. The maximum absolute atomic E-state index is 13.1. The van der Waals surface area contributed by atoms with Gasteiger partial charge in [-0.1, -0.05) is 40.5 Å². The van der Waals surface area contributed by atoms with Gasteiger partial charge >= 0.3 is 6.18 Å². The Kier molecular flexibility index (Phi) is 11.3. The second kappa shape index (κ2) is 13.4. The van der Waals surface area contributed by atoms with Gasteiger partial charge in [0.25, 0.3) is 0 Å². The summed E-state index contributed by atoms with van der Waals surface area (Å²) in [6, 6.07) is 1.79. The Morgan fingerprint density at radius 2 is 1.82 bits per heavy atom. The van der Waals surface area contributed by atoms with Crippen molar-refractivity contribution in [1.29, 1.82) is 0 Å². The Morgan fingerprint density at radius 1 is 1.12 bits per heavy atom. The van der Waals surface area contributed by atoms with Crippen molar-refractivity contribution >= 4 is 5.91 Å². The number of fused-ring (bicyclic) bond motifs is 1. The molecular formula is C26H42F3N3O2. The number of amides is 1. The lowest BCUT2D eigenvalue weighted by Crippen LogP contribution is -2.47. The number of pyridine rings is 1. The number of nitrogens with zero attached hydrogens (tertiary/aromatic N) is 2. The van der Waals surface area contributed by atoms with Gasteiger partial charge in [0.2, 0.25) is 5.91 Å². The van der Waals surface area contributed by atoms with E-state index in [1.54, 1.807) is 12.0 Å². The quantitative estimate of drug-likeness (QED) is 0.590. The minimum absolute atomic E-state index is 0.0626. The van der Waals surface area contributed by atoms with Crippen molar-refractivity contribution in [3.05, 3.63) is 29.1 Å². The first-order valence-corrected chi connectivity index (χ1v) is 13.0. The number of hydrogen-bond acceptors (Lipinski definition) is 4. The molecule has 3 unspecified atom stereocenters. The van der Waals surface area contributed by atoms with Crippen LogP contribution in [0.1, 0.15) is 89.5 Å². The average Bonchev–Trinajstić information content (AvgIpc) is 3.33. The van der Waals surface area contributed by atoms with E-state index in [1.807, 2.05) is 27.7 Å². The van der Waals surface area contributed by atoms with Crippen LogP contribution in [0.3, 0.4) is 0 Å². The third-order valence-electron chi connectivity index (χ3n) is 6.92. The highest BCUT2D eigenvalue weighted by Crippen LogP contribution is 2.33. The van der Waals surface area contributed by atoms with Gasteiger partial charge in [-0.15, -0.1) is 0 Å². The number of carbonyl (C=O) groups excluding carboxylic acids is 1. The van der Waals surface area contributed by atoms with Crippen LogP contribution in [0, 0.1) is 5.92 Å². The first-order valence-electron chi connectivity index (χ1n) is 13.0. The zero-order chi connectivity index (χ0) is 25.3. The number of carbonyl (C=O) groups is 1. The Hall–Kier alpha value is -1.67. The third-order valence-corrected chi connectivity index (χ3v) is 6.92. The highest BCUT2D eigenvalue weighted by Gasteiger charge is 2.37. The lowest BCUT2D eigenvalue weighted by molar-refractivity contribution is -0.137. The lowest BCUT2D eigenvalue weighted by atomic mass is 9.91. The van der Waals surface area contributed by atoms with Gasteiger partial charge in [0, 0.05) is 56.5 Å². The SMILES string of the molecule is CC.CC.COC1CCCCC1N[C@@H]1CCC(C(=O)N2CCc3ncc(C(F)(F)F)cc3C2)C1. The highest BCUT2D eigenvalue weighted by atomic mass is 19.4. The average molecular weight is 486 g/mol. The molecule has 1 aliphatic heterocycles. The third kappa shape index (κ3) is 7.17. The molecule has 2 saturated carbocycles. The number of nitrogens with one attached hydrogen (secondary N) is 1. The molecule has 8 heteroatoms. The largest absolute Gasteiger partial charge is 0.417 e. The zero-order valence-electron chi connectivity index (χ0n) is 21.4. The second-order valence-electron chi connectivity index (χ2n) is 8.88. The second-order valence-corrected chi connectivity index (χ2v) is 8.88. The van der Waals surface area contributed by atoms with Crippen LogP contribution in [-0.2, 0) is 28.7 Å². The van der Waals surface area contributed by atoms with Crippen molar-refractivity contribution < 1.29 is 22.7 Å². The van der Waals surface area contributed by atoms with Gasteiger partial charge in [0.15, 0.2) is 0 Å². The summed E-state index contributed by atoms with van der Waals surface area (Å²) in [5.41, 5.74) is 0.434. The van der Waals surface area contributed by atoms with Crippen molar-refractivity contribution in [2.24, 2.45) is 5.92 Å². The number of hydrogen-bond donors (Lipinski definition) is 1. The van der Waals surface area contributed by atoms with Gasteiger partial charge in [-0.3, -0.25) is 9.78 Å². The van der Waals surface area contributed by atoms with Crippen LogP contribution in [-0.4, -0.2) is 47.6 Å². The molecule has 3 aliphatic rings. The zero-order valence-corrected chi connectivity index (χ0v) is 21.4. The molecule has 2 fully saturated rings. The monoisotopic (exact) mass is 485 g/mol. The fourth-order valence-corrected chi connectivity index (χ4v) is 5.26. The fraction of sp³-hybridized carbons (Fsp3) is 0.769. The van der Waals surface area contributed by atoms with E-state index >= 15 is 0 Å². The predicted octanol–water partition coefficient (Wildman–Crippen LogP) is 5.75. The molecule has 2 heterocycles. The Labute approximate surface area is 202 Å². The first-order chi connectivity index (χ1) is 16.3. The molecule has 1 aromatic heterocycles. The lowest BCUT2D eigenvalue weighted by Gasteiger charge is -2.33. The van der Waals surface area contributed by atoms with Crippen LogP contribution in [0.15, 0.2) is 12.3 Å². The van der Waals surface area contributed by atoms with E-state index in [1.165, 1.54) is 12.8 Å². The summed E-state index contributed by atoms with van der Waals surface area (Å²) in [4.78, 5) is 18.8. The predicted molar refractivity (Wildman–Crippen MR) is 128 cm³/mol. The number of ether oxygens (including phenoxy) is 1. The summed E-state index contributed by atoms with van der Waals surface area (Å²) in [5, 5.41) is 3.72. The smallest absolute Gasteiger partial charge is 0.380 e. The summed E-state index contributed by atoms with van der Waals surface area (Å²) in [7, 11) is 1.76. The molecule has 1 aromatic rings. The number of halogens is 3. The molecule has 1 amide bonds. The molecule has 0 saturated heterocycles. The molecule has 2 aliphatic carbocycles. The summed E-state index contributed by atoms with van der Waals surface area (Å²) in [6.07, 6.45) is 4.36. The van der Waals surface area contributed by atoms with Crippen LogP contribution >= 0.6 is 0 Å². The fourth-order valence-electron chi connectivity index (χ4n) is 5.26. The number of methoxy groups -OCH3 is 1. The van der Waals surface area contributed by atoms with Gasteiger partial charge in [-0.2, -0.15) is 13.2 Å². The molecule has 0 radical (unpaired) electrons. The molecule has 0 spiro atoms. The van der Waals surface area contributed by atoms with Crippen molar-refractivity contribution in [2.45, 2.75) is 110 Å². The van der Waals surface area contributed by atoms with Crippen molar-refractivity contribution in [3.8, 4) is 0 Å². The van der Waals surface area contributed by atoms with Crippen LogP contribution in [0.5, 0.6) is 0 Å². The van der Waals surface area contributed by atoms with Crippen LogP contribution in [0.25, 0.3) is 0 Å². The van der Waals surface area contributed by atoms with E-state index in [9.17, 15) is 18.0 Å². The van der Waals surface area contributed by atoms with Crippen molar-refractivity contribution in [3.63, 3.8) is 0 Å². The minimum Gasteiger partial charge on any atom is -0.380 e. The number of alkyl halides is 3. The summed E-state index contributed by atoms with van der Waals surface area (Å²) in [6.45, 7) is 8.74. The van der Waals surface area contributed by atoms with E-state index in [2.05, 4.69) is 10.3 Å². The highest BCUT2D eigenvalue weighted by molar-refractivity contribution is 5.79. The van der Waals surface area contributed by atoms with E-state index in [-0.39, 0.29) is 24.5 Å². The van der Waals surface area contributed by atoms with Crippen LogP contribution in [0.2, 0.25) is 0 Å². The Morgan fingerprint density at radius 3 is 2.50 bits per heavy atom. The molecule has 4 rings (SSSR count). The summed E-state index contributed by atoms with van der Waals surface area (Å²) >= 11 is 0. The molecule has 0 bridgehead atoms. The van der Waals surface area contributed by atoms with Crippen molar-refractivity contribution in [1.82, 2.24) is 15.2 Å². The topological polar surface area (TPSA) is 54.5 Å². The van der Waals surface area contributed by atoms with Crippen LogP contribution in [0.4, 0.5) is 13.2 Å². The maximum atomic E-state index is 13.1. The molecule has 5 nitrogen and oxygen atoms in total. The Balaban J connectivity index is 0.000000970. The van der Waals surface area contributed by atoms with Crippen LogP contribution < -0.4 is 5.32 Å². The Bertz CT molecular complexity index is 772. The summed E-state index contributed by atoms with van der Waals surface area (Å²) < 4.78 is 44.7. The van der Waals surface area contributed by atoms with Gasteiger partial charge in [-0.05, 0) is 43.7 Å². The van der Waals surface area contributed by atoms with Gasteiger partial charge in [0.05, 0.1) is 11.7 Å². The van der Waals surface area contributed by atoms with E-state index < -0.39 is 11.7 Å². The molecule has 4 atom stereocenters. The minimum atomic E-state index is -4.42. The van der Waals surface area contributed by atoms with Gasteiger partial charge in [0.1, 0.15) is 0 Å². The van der Waals surface area contributed by atoms with Crippen molar-refractivity contribution in [2.75, 3.05) is 13.7 Å². The molecule has 0 aromatic carbocycles. The molecule has 34 heavy (non-hydrogen) atoms. The summed E-state index contributed by atoms with van der Waals surface area (Å²) in [5.74, 6) is 0.00157. The first kappa shape index (κ1) is 28.6. The van der Waals surface area contributed by atoms with Gasteiger partial charge < -0.3 is 15.0 Å². The standard InChI is InChI=1S/C22H30F3N3O2.2C2H6/c1-30-20-5-3-2-4-19(20)27-17-7-6-14(11-17)21(29)28-9-8-18-15(13-28)10-16(12-26-18)22(23,24)25;2*1-2/h10,12,14,17,19-20,27H,2-9,11,13H2,1H3;2*1-2H3/t14?,17-,19?,20?;;/m1../s1. The van der Waals surface area contributed by atoms with E-state index in [4.69, 9.17) is 4.74 Å². The molecule has 194 valence electrons. The van der Waals surface area contributed by atoms with E-state index in [0.29, 0.717) is 36.3 Å².